The normalized spacial score (nSPS) is 36.0. The van der Waals surface area contributed by atoms with Gasteiger partial charge in [-0.2, -0.15) is 0 Å². The molecule has 21 heavy (non-hydrogen) atoms. The molecule has 0 aromatic carbocycles. The van der Waals surface area contributed by atoms with Crippen LogP contribution in [-0.4, -0.2) is 42.1 Å². The van der Waals surface area contributed by atoms with Crippen LogP contribution >= 0.6 is 0 Å². The fraction of sp³-hybridized carbons (Fsp3) is 0.733. The molecule has 6 nitrogen and oxygen atoms in total. The predicted molar refractivity (Wildman–Crippen MR) is 73.3 cm³/mol. The summed E-state index contributed by atoms with van der Waals surface area (Å²) in [6.07, 6.45) is 3.13. The summed E-state index contributed by atoms with van der Waals surface area (Å²) in [6, 6.07) is 0. The first kappa shape index (κ1) is 16.0. The fourth-order valence-electron chi connectivity index (χ4n) is 2.76. The summed E-state index contributed by atoms with van der Waals surface area (Å²) in [5, 5.41) is 0. The van der Waals surface area contributed by atoms with Crippen molar-refractivity contribution in [3.05, 3.63) is 12.2 Å². The third-order valence-electron chi connectivity index (χ3n) is 3.42. The van der Waals surface area contributed by atoms with Gasteiger partial charge in [0.25, 0.3) is 0 Å². The van der Waals surface area contributed by atoms with E-state index in [9.17, 15) is 9.59 Å². The van der Waals surface area contributed by atoms with Crippen molar-refractivity contribution in [2.75, 3.05) is 0 Å². The molecular formula is C15H22O6. The van der Waals surface area contributed by atoms with Gasteiger partial charge in [-0.3, -0.25) is 9.59 Å². The molecule has 118 valence electrons. The maximum atomic E-state index is 11.4. The molecule has 1 saturated heterocycles. The van der Waals surface area contributed by atoms with Gasteiger partial charge in [-0.25, -0.2) is 0 Å². The van der Waals surface area contributed by atoms with Crippen molar-refractivity contribution in [2.45, 2.75) is 70.7 Å². The van der Waals surface area contributed by atoms with E-state index >= 15 is 0 Å². The van der Waals surface area contributed by atoms with Gasteiger partial charge in [-0.15, -0.1) is 0 Å². The third kappa shape index (κ3) is 4.04. The number of hydrogen-bond donors (Lipinski definition) is 0. The summed E-state index contributed by atoms with van der Waals surface area (Å²) in [5.74, 6) is -1.62. The Kier molecular flexibility index (Phi) is 4.68. The number of allylic oxidation sites excluding steroid dienone is 1. The van der Waals surface area contributed by atoms with Gasteiger partial charge in [0, 0.05) is 13.8 Å². The van der Waals surface area contributed by atoms with E-state index < -0.39 is 36.0 Å². The number of carbonyl (C=O) groups excluding carboxylic acids is 2. The highest BCUT2D eigenvalue weighted by molar-refractivity contribution is 5.67. The lowest BCUT2D eigenvalue weighted by molar-refractivity contribution is -0.188. The van der Waals surface area contributed by atoms with Crippen LogP contribution in [0.5, 0.6) is 0 Å². The molecule has 1 heterocycles. The molecule has 2 aliphatic rings. The molecule has 0 aromatic rings. The van der Waals surface area contributed by atoms with E-state index in [1.54, 1.807) is 13.8 Å². The lowest BCUT2D eigenvalue weighted by Gasteiger charge is -2.32. The van der Waals surface area contributed by atoms with Crippen molar-refractivity contribution >= 4 is 11.9 Å². The zero-order valence-electron chi connectivity index (χ0n) is 12.8. The SMILES string of the molecule is CC(=O)O[C@@H]1[C@H]2OC(C)(C)O[C@H]2/C=C\CC[C@@H]1OC(C)=O. The molecule has 6 heteroatoms. The first-order chi connectivity index (χ1) is 9.78. The van der Waals surface area contributed by atoms with Gasteiger partial charge in [0.1, 0.15) is 18.3 Å². The van der Waals surface area contributed by atoms with E-state index in [0.29, 0.717) is 12.8 Å². The Morgan fingerprint density at radius 2 is 1.81 bits per heavy atom. The number of esters is 2. The Labute approximate surface area is 124 Å². The highest BCUT2D eigenvalue weighted by atomic mass is 16.8. The van der Waals surface area contributed by atoms with Crippen LogP contribution in [0.25, 0.3) is 0 Å². The van der Waals surface area contributed by atoms with Gasteiger partial charge in [-0.05, 0) is 26.7 Å². The van der Waals surface area contributed by atoms with Gasteiger partial charge in [0.15, 0.2) is 11.9 Å². The number of fused-ring (bicyclic) bond motifs is 1. The summed E-state index contributed by atoms with van der Waals surface area (Å²) in [7, 11) is 0. The molecule has 0 aromatic heterocycles. The minimum absolute atomic E-state index is 0.331. The summed E-state index contributed by atoms with van der Waals surface area (Å²) >= 11 is 0. The largest absolute Gasteiger partial charge is 0.458 e. The van der Waals surface area contributed by atoms with Crippen molar-refractivity contribution in [1.29, 1.82) is 0 Å². The van der Waals surface area contributed by atoms with Crippen LogP contribution in [0.4, 0.5) is 0 Å². The molecule has 0 amide bonds. The van der Waals surface area contributed by atoms with Gasteiger partial charge in [0.05, 0.1) is 0 Å². The quantitative estimate of drug-likeness (QED) is 0.571. The summed E-state index contributed by atoms with van der Waals surface area (Å²) in [5.41, 5.74) is 0. The molecule has 4 atom stereocenters. The van der Waals surface area contributed by atoms with Crippen LogP contribution in [0.1, 0.15) is 40.5 Å². The Morgan fingerprint density at radius 3 is 2.43 bits per heavy atom. The smallest absolute Gasteiger partial charge is 0.303 e. The van der Waals surface area contributed by atoms with E-state index in [2.05, 4.69) is 0 Å². The number of hydrogen-bond acceptors (Lipinski definition) is 6. The molecule has 0 bridgehead atoms. The molecule has 2 rings (SSSR count). The van der Waals surface area contributed by atoms with Crippen molar-refractivity contribution in [2.24, 2.45) is 0 Å². The zero-order valence-corrected chi connectivity index (χ0v) is 12.8. The number of rotatable bonds is 2. The fourth-order valence-corrected chi connectivity index (χ4v) is 2.76. The molecule has 1 aliphatic carbocycles. The Bertz CT molecular complexity index is 441. The molecule has 0 saturated carbocycles. The Hall–Kier alpha value is -1.40. The number of ether oxygens (including phenoxy) is 4. The van der Waals surface area contributed by atoms with Gasteiger partial charge in [0.2, 0.25) is 0 Å². The van der Waals surface area contributed by atoms with E-state index in [1.807, 2.05) is 12.2 Å². The van der Waals surface area contributed by atoms with Crippen molar-refractivity contribution < 1.29 is 28.5 Å². The van der Waals surface area contributed by atoms with Gasteiger partial charge >= 0.3 is 11.9 Å². The molecule has 1 fully saturated rings. The van der Waals surface area contributed by atoms with E-state index in [0.717, 1.165) is 0 Å². The minimum atomic E-state index is -0.775. The zero-order chi connectivity index (χ0) is 15.6. The number of carbonyl (C=O) groups is 2. The van der Waals surface area contributed by atoms with E-state index in [-0.39, 0.29) is 6.10 Å². The Balaban J connectivity index is 2.28. The van der Waals surface area contributed by atoms with Crippen LogP contribution in [0.2, 0.25) is 0 Å². The maximum Gasteiger partial charge on any atom is 0.303 e. The molecule has 0 unspecified atom stereocenters. The second kappa shape index (κ2) is 6.15. The molecular weight excluding hydrogens is 276 g/mol. The topological polar surface area (TPSA) is 71.1 Å². The lowest BCUT2D eigenvalue weighted by atomic mass is 9.95. The standard InChI is InChI=1S/C15H22O6/c1-9(16)18-11-7-5-6-8-12-14(13(11)19-10(2)17)21-15(3,4)20-12/h6,8,11-14H,5,7H2,1-4H3/b8-6-/t11-,12-,13-,14-/m0/s1. The highest BCUT2D eigenvalue weighted by Crippen LogP contribution is 2.35. The lowest BCUT2D eigenvalue weighted by Crippen LogP contribution is -2.47. The molecule has 0 radical (unpaired) electrons. The monoisotopic (exact) mass is 298 g/mol. The minimum Gasteiger partial charge on any atom is -0.458 e. The van der Waals surface area contributed by atoms with Crippen molar-refractivity contribution in [3.8, 4) is 0 Å². The second-order valence-electron chi connectivity index (χ2n) is 5.79. The van der Waals surface area contributed by atoms with Crippen LogP contribution in [0.15, 0.2) is 12.2 Å². The van der Waals surface area contributed by atoms with E-state index in [4.69, 9.17) is 18.9 Å². The second-order valence-corrected chi connectivity index (χ2v) is 5.79. The van der Waals surface area contributed by atoms with Crippen LogP contribution in [0, 0.1) is 0 Å². The van der Waals surface area contributed by atoms with Crippen LogP contribution in [0.3, 0.4) is 0 Å². The molecule has 0 N–H and O–H groups in total. The van der Waals surface area contributed by atoms with Crippen LogP contribution < -0.4 is 0 Å². The summed E-state index contributed by atoms with van der Waals surface area (Å²) < 4.78 is 22.4. The predicted octanol–water partition coefficient (Wildman–Crippen LogP) is 1.72. The Morgan fingerprint density at radius 1 is 1.14 bits per heavy atom. The highest BCUT2D eigenvalue weighted by Gasteiger charge is 2.49. The van der Waals surface area contributed by atoms with E-state index in [1.165, 1.54) is 13.8 Å². The van der Waals surface area contributed by atoms with Crippen LogP contribution in [-0.2, 0) is 28.5 Å². The molecule has 0 spiro atoms. The molecule has 1 aliphatic heterocycles. The first-order valence-electron chi connectivity index (χ1n) is 7.15. The average Bonchev–Trinajstić information content (AvgIpc) is 2.63. The average molecular weight is 298 g/mol. The van der Waals surface area contributed by atoms with Gasteiger partial charge < -0.3 is 18.9 Å². The van der Waals surface area contributed by atoms with Crippen molar-refractivity contribution in [3.63, 3.8) is 0 Å². The first-order valence-corrected chi connectivity index (χ1v) is 7.15. The van der Waals surface area contributed by atoms with Gasteiger partial charge in [-0.1, -0.05) is 12.2 Å². The summed E-state index contributed by atoms with van der Waals surface area (Å²) in [4.78, 5) is 22.7. The maximum absolute atomic E-state index is 11.4. The third-order valence-corrected chi connectivity index (χ3v) is 3.42. The summed E-state index contributed by atoms with van der Waals surface area (Å²) in [6.45, 7) is 6.27. The van der Waals surface area contributed by atoms with Crippen molar-refractivity contribution in [1.82, 2.24) is 0 Å².